The minimum atomic E-state index is -1.08. The minimum absolute atomic E-state index is 0.236. The Hall–Kier alpha value is -3.28. The van der Waals surface area contributed by atoms with Crippen LogP contribution in [0.15, 0.2) is 57.7 Å². The average molecular weight is 340 g/mol. The third-order valence-corrected chi connectivity index (χ3v) is 3.73. The van der Waals surface area contributed by atoms with Gasteiger partial charge in [0, 0.05) is 11.6 Å². The van der Waals surface area contributed by atoms with Gasteiger partial charge in [-0.2, -0.15) is 0 Å². The Labute approximate surface area is 143 Å². The number of hydrogen-bond acceptors (Lipinski definition) is 5. The highest BCUT2D eigenvalue weighted by Gasteiger charge is 2.14. The molecule has 0 spiro atoms. The van der Waals surface area contributed by atoms with Crippen molar-refractivity contribution in [2.24, 2.45) is 0 Å². The van der Waals surface area contributed by atoms with Gasteiger partial charge in [0.2, 0.25) is 0 Å². The maximum absolute atomic E-state index is 12.4. The van der Waals surface area contributed by atoms with Crippen LogP contribution in [0.2, 0.25) is 0 Å². The number of hydrogen-bond donors (Lipinski definition) is 1. The number of carboxylic acid groups (broad SMARTS) is 1. The Bertz CT molecular complexity index is 971. The lowest BCUT2D eigenvalue weighted by molar-refractivity contribution is -0.144. The summed E-state index contributed by atoms with van der Waals surface area (Å²) in [6.45, 7) is 1.42. The molecule has 6 nitrogen and oxygen atoms in total. The first-order chi connectivity index (χ1) is 12.0. The van der Waals surface area contributed by atoms with E-state index in [-0.39, 0.29) is 5.43 Å². The van der Waals surface area contributed by atoms with E-state index in [4.69, 9.17) is 19.0 Å². The first kappa shape index (κ1) is 16.6. The lowest BCUT2D eigenvalue weighted by Crippen LogP contribution is -2.22. The Balaban J connectivity index is 1.99. The zero-order valence-electron chi connectivity index (χ0n) is 13.7. The van der Waals surface area contributed by atoms with E-state index < -0.39 is 12.1 Å². The molecule has 0 aliphatic carbocycles. The van der Waals surface area contributed by atoms with Crippen molar-refractivity contribution >= 4 is 16.9 Å². The fourth-order valence-electron chi connectivity index (χ4n) is 2.36. The molecule has 25 heavy (non-hydrogen) atoms. The Kier molecular flexibility index (Phi) is 4.43. The number of carboxylic acids is 1. The van der Waals surface area contributed by atoms with Crippen molar-refractivity contribution in [2.45, 2.75) is 13.0 Å². The maximum Gasteiger partial charge on any atom is 0.344 e. The Morgan fingerprint density at radius 1 is 1.08 bits per heavy atom. The molecule has 1 heterocycles. The van der Waals surface area contributed by atoms with E-state index in [1.807, 2.05) is 0 Å². The van der Waals surface area contributed by atoms with E-state index in [1.54, 1.807) is 43.5 Å². The van der Waals surface area contributed by atoms with Gasteiger partial charge in [0.1, 0.15) is 22.8 Å². The third kappa shape index (κ3) is 3.47. The molecule has 0 fully saturated rings. The number of carbonyl (C=O) groups is 1. The first-order valence-corrected chi connectivity index (χ1v) is 7.60. The molecule has 1 unspecified atom stereocenters. The minimum Gasteiger partial charge on any atom is -0.497 e. The molecule has 0 saturated heterocycles. The summed E-state index contributed by atoms with van der Waals surface area (Å²) in [4.78, 5) is 23.3. The van der Waals surface area contributed by atoms with Gasteiger partial charge in [0.25, 0.3) is 0 Å². The summed E-state index contributed by atoms with van der Waals surface area (Å²) in [7, 11) is 1.58. The molecular formula is C19H16O6. The number of aliphatic carboxylic acids is 1. The van der Waals surface area contributed by atoms with Gasteiger partial charge >= 0.3 is 5.97 Å². The molecule has 0 aliphatic rings. The summed E-state index contributed by atoms with van der Waals surface area (Å²) in [6.07, 6.45) is -1.01. The van der Waals surface area contributed by atoms with Crippen molar-refractivity contribution in [2.75, 3.05) is 7.11 Å². The van der Waals surface area contributed by atoms with Crippen LogP contribution in [0.1, 0.15) is 6.92 Å². The zero-order valence-corrected chi connectivity index (χ0v) is 13.7. The van der Waals surface area contributed by atoms with E-state index in [0.29, 0.717) is 28.2 Å². The van der Waals surface area contributed by atoms with Crippen LogP contribution in [0, 0.1) is 0 Å². The molecule has 128 valence electrons. The van der Waals surface area contributed by atoms with Gasteiger partial charge in [-0.1, -0.05) is 0 Å². The Morgan fingerprint density at radius 2 is 1.76 bits per heavy atom. The summed E-state index contributed by atoms with van der Waals surface area (Å²) < 4.78 is 16.2. The van der Waals surface area contributed by atoms with Crippen molar-refractivity contribution in [3.63, 3.8) is 0 Å². The summed E-state index contributed by atoms with van der Waals surface area (Å²) >= 11 is 0. The molecule has 3 rings (SSSR count). The highest BCUT2D eigenvalue weighted by Crippen LogP contribution is 2.26. The maximum atomic E-state index is 12.4. The number of benzene rings is 2. The van der Waals surface area contributed by atoms with Crippen LogP contribution >= 0.6 is 0 Å². The molecule has 0 amide bonds. The highest BCUT2D eigenvalue weighted by atomic mass is 16.5. The number of fused-ring (bicyclic) bond motifs is 1. The molecule has 1 aromatic heterocycles. The summed E-state index contributed by atoms with van der Waals surface area (Å²) in [5, 5.41) is 9.22. The van der Waals surface area contributed by atoms with E-state index in [9.17, 15) is 9.59 Å². The van der Waals surface area contributed by atoms with Crippen molar-refractivity contribution in [1.29, 1.82) is 0 Å². The van der Waals surface area contributed by atoms with Gasteiger partial charge in [-0.15, -0.1) is 0 Å². The quantitative estimate of drug-likeness (QED) is 0.767. The standard InChI is InChI=1S/C19H16O6/c1-11(19(21)22)24-14-7-8-17-15(9-14)16(20)10-18(25-17)12-3-5-13(23-2)6-4-12/h3-11H,1-2H3,(H,21,22). The number of methoxy groups -OCH3 is 1. The normalized spacial score (nSPS) is 11.9. The van der Waals surface area contributed by atoms with Crippen LogP contribution in [0.25, 0.3) is 22.3 Å². The Morgan fingerprint density at radius 3 is 2.40 bits per heavy atom. The third-order valence-electron chi connectivity index (χ3n) is 3.73. The fourth-order valence-corrected chi connectivity index (χ4v) is 2.36. The zero-order chi connectivity index (χ0) is 18.0. The number of rotatable bonds is 5. The van der Waals surface area contributed by atoms with E-state index in [0.717, 1.165) is 5.56 Å². The van der Waals surface area contributed by atoms with Crippen molar-refractivity contribution in [1.82, 2.24) is 0 Å². The second kappa shape index (κ2) is 6.68. The van der Waals surface area contributed by atoms with Gasteiger partial charge in [-0.05, 0) is 49.4 Å². The van der Waals surface area contributed by atoms with Gasteiger partial charge < -0.3 is 19.0 Å². The summed E-state index contributed by atoms with van der Waals surface area (Å²) in [5.41, 5.74) is 0.911. The van der Waals surface area contributed by atoms with E-state index in [2.05, 4.69) is 0 Å². The van der Waals surface area contributed by atoms with Crippen LogP contribution in [-0.4, -0.2) is 24.3 Å². The first-order valence-electron chi connectivity index (χ1n) is 7.60. The number of ether oxygens (including phenoxy) is 2. The summed E-state index contributed by atoms with van der Waals surface area (Å²) in [5.74, 6) is 0.364. The molecule has 3 aromatic rings. The fraction of sp³-hybridized carbons (Fsp3) is 0.158. The van der Waals surface area contributed by atoms with Crippen LogP contribution in [0.4, 0.5) is 0 Å². The molecule has 1 N–H and O–H groups in total. The van der Waals surface area contributed by atoms with Crippen LogP contribution in [0.3, 0.4) is 0 Å². The second-order valence-corrected chi connectivity index (χ2v) is 5.46. The van der Waals surface area contributed by atoms with E-state index in [1.165, 1.54) is 19.1 Å². The SMILES string of the molecule is COc1ccc(-c2cc(=O)c3cc(OC(C)C(=O)O)ccc3o2)cc1. The molecule has 0 aliphatic heterocycles. The van der Waals surface area contributed by atoms with E-state index >= 15 is 0 Å². The van der Waals surface area contributed by atoms with Gasteiger partial charge in [-0.3, -0.25) is 4.79 Å². The molecule has 0 radical (unpaired) electrons. The molecule has 0 bridgehead atoms. The lowest BCUT2D eigenvalue weighted by Gasteiger charge is -2.11. The molecule has 0 saturated carbocycles. The van der Waals surface area contributed by atoms with Crippen LogP contribution in [-0.2, 0) is 4.79 Å². The van der Waals surface area contributed by atoms with Gasteiger partial charge in [0.05, 0.1) is 12.5 Å². The van der Waals surface area contributed by atoms with Gasteiger partial charge in [-0.25, -0.2) is 4.79 Å². The predicted octanol–water partition coefficient (Wildman–Crippen LogP) is 3.32. The largest absolute Gasteiger partial charge is 0.497 e. The molecule has 2 aromatic carbocycles. The lowest BCUT2D eigenvalue weighted by atomic mass is 10.1. The monoisotopic (exact) mass is 340 g/mol. The molecule has 6 heteroatoms. The van der Waals surface area contributed by atoms with Crippen LogP contribution < -0.4 is 14.9 Å². The smallest absolute Gasteiger partial charge is 0.344 e. The van der Waals surface area contributed by atoms with Gasteiger partial charge in [0.15, 0.2) is 11.5 Å². The van der Waals surface area contributed by atoms with Crippen molar-refractivity contribution < 1.29 is 23.8 Å². The predicted molar refractivity (Wildman–Crippen MR) is 92.2 cm³/mol. The highest BCUT2D eigenvalue weighted by molar-refractivity contribution is 5.80. The molecule has 1 atom stereocenters. The molecular weight excluding hydrogens is 324 g/mol. The van der Waals surface area contributed by atoms with Crippen molar-refractivity contribution in [3.8, 4) is 22.8 Å². The van der Waals surface area contributed by atoms with Crippen LogP contribution in [0.5, 0.6) is 11.5 Å². The second-order valence-electron chi connectivity index (χ2n) is 5.46. The summed E-state index contributed by atoms with van der Waals surface area (Å²) in [6, 6.07) is 13.2. The topological polar surface area (TPSA) is 86.0 Å². The average Bonchev–Trinajstić information content (AvgIpc) is 2.62. The van der Waals surface area contributed by atoms with Crippen molar-refractivity contribution in [3.05, 3.63) is 58.8 Å².